The van der Waals surface area contributed by atoms with Crippen molar-refractivity contribution in [2.24, 2.45) is 0 Å². The van der Waals surface area contributed by atoms with Crippen LogP contribution in [0.15, 0.2) is 53.4 Å². The van der Waals surface area contributed by atoms with Crippen molar-refractivity contribution >= 4 is 21.7 Å². The summed E-state index contributed by atoms with van der Waals surface area (Å²) in [4.78, 5) is 13.1. The summed E-state index contributed by atoms with van der Waals surface area (Å²) in [7, 11) is -0.792. The van der Waals surface area contributed by atoms with Crippen LogP contribution in [0.2, 0.25) is 0 Å². The number of nitrogens with zero attached hydrogens (tertiary/aromatic N) is 2. The van der Waals surface area contributed by atoms with Gasteiger partial charge in [0.1, 0.15) is 5.75 Å². The summed E-state index contributed by atoms with van der Waals surface area (Å²) in [6.07, 6.45) is -0.747. The predicted octanol–water partition coefficient (Wildman–Crippen LogP) is 4.96. The molecule has 0 radical (unpaired) electrons. The molecule has 2 rings (SSSR count). The highest BCUT2D eigenvalue weighted by Crippen LogP contribution is 2.31. The molecule has 0 unspecified atom stereocenters. The number of hydrogen-bond donors (Lipinski definition) is 0. The monoisotopic (exact) mass is 530 g/mol. The third kappa shape index (κ3) is 9.02. The Bertz CT molecular complexity index is 1060. The Morgan fingerprint density at radius 2 is 1.53 bits per heavy atom. The van der Waals surface area contributed by atoms with Crippen LogP contribution in [0.1, 0.15) is 38.2 Å². The highest BCUT2D eigenvalue weighted by molar-refractivity contribution is 7.92. The number of carbonyl (C=O) groups is 1. The third-order valence-electron chi connectivity index (χ3n) is 5.45. The van der Waals surface area contributed by atoms with E-state index >= 15 is 0 Å². The van der Waals surface area contributed by atoms with Crippen LogP contribution in [-0.2, 0) is 25.7 Å². The second-order valence-corrected chi connectivity index (χ2v) is 10.3. The van der Waals surface area contributed by atoms with Gasteiger partial charge in [0.2, 0.25) is 0 Å². The van der Waals surface area contributed by atoms with Gasteiger partial charge < -0.3 is 9.47 Å². The van der Waals surface area contributed by atoms with Gasteiger partial charge in [-0.15, -0.1) is 0 Å². The molecule has 7 nitrogen and oxygen atoms in total. The molecule has 0 aromatic heterocycles. The van der Waals surface area contributed by atoms with Crippen molar-refractivity contribution < 1.29 is 35.9 Å². The number of halogens is 3. The van der Waals surface area contributed by atoms with Gasteiger partial charge in [-0.2, -0.15) is 13.2 Å². The topological polar surface area (TPSA) is 76.2 Å². The zero-order chi connectivity index (χ0) is 26.8. The van der Waals surface area contributed by atoms with Crippen molar-refractivity contribution in [1.29, 1.82) is 0 Å². The van der Waals surface area contributed by atoms with Gasteiger partial charge in [0.15, 0.2) is 0 Å². The van der Waals surface area contributed by atoms with Crippen molar-refractivity contribution in [3.8, 4) is 5.75 Å². The van der Waals surface area contributed by atoms with Crippen molar-refractivity contribution in [3.63, 3.8) is 0 Å². The SMILES string of the molecule is CCOC(=O)CN(C)CCCCCCOc1ccc(N(C)S(=O)(=O)c2ccc(C(F)(F)F)cc2)cc1. The van der Waals surface area contributed by atoms with Crippen molar-refractivity contribution in [1.82, 2.24) is 4.90 Å². The molecule has 2 aromatic rings. The molecule has 0 spiro atoms. The molecule has 200 valence electrons. The van der Waals surface area contributed by atoms with E-state index in [2.05, 4.69) is 0 Å². The fourth-order valence-corrected chi connectivity index (χ4v) is 4.59. The molecule has 11 heteroatoms. The number of alkyl halides is 3. The smallest absolute Gasteiger partial charge is 0.416 e. The maximum Gasteiger partial charge on any atom is 0.416 e. The molecule has 0 fully saturated rings. The molecule has 0 saturated heterocycles. The van der Waals surface area contributed by atoms with E-state index < -0.39 is 21.8 Å². The number of hydrogen-bond acceptors (Lipinski definition) is 6. The number of benzene rings is 2. The average Bonchev–Trinajstić information content (AvgIpc) is 2.83. The van der Waals surface area contributed by atoms with Gasteiger partial charge >= 0.3 is 12.1 Å². The van der Waals surface area contributed by atoms with Crippen LogP contribution in [0.3, 0.4) is 0 Å². The van der Waals surface area contributed by atoms with Gasteiger partial charge in [-0.3, -0.25) is 14.0 Å². The van der Waals surface area contributed by atoms with Gasteiger partial charge in [-0.05, 0) is 81.9 Å². The lowest BCUT2D eigenvalue weighted by Gasteiger charge is -2.20. The molecule has 0 heterocycles. The largest absolute Gasteiger partial charge is 0.494 e. The molecular weight excluding hydrogens is 497 g/mol. The third-order valence-corrected chi connectivity index (χ3v) is 7.25. The minimum absolute atomic E-state index is 0.220. The van der Waals surface area contributed by atoms with Gasteiger partial charge in [0.05, 0.1) is 35.9 Å². The van der Waals surface area contributed by atoms with Crippen LogP contribution in [0.5, 0.6) is 5.75 Å². The zero-order valence-electron chi connectivity index (χ0n) is 20.8. The Morgan fingerprint density at radius 1 is 0.917 bits per heavy atom. The summed E-state index contributed by atoms with van der Waals surface area (Å²) < 4.78 is 75.5. The summed E-state index contributed by atoms with van der Waals surface area (Å²) >= 11 is 0. The quantitative estimate of drug-likeness (QED) is 0.254. The first-order valence-electron chi connectivity index (χ1n) is 11.7. The number of sulfonamides is 1. The molecule has 0 bridgehead atoms. The molecular formula is C25H33F3N2O5S. The average molecular weight is 531 g/mol. The summed E-state index contributed by atoms with van der Waals surface area (Å²) in [5.41, 5.74) is -0.555. The van der Waals surface area contributed by atoms with E-state index in [-0.39, 0.29) is 17.4 Å². The second kappa shape index (κ2) is 13.5. The number of rotatable bonds is 14. The fraction of sp³-hybridized carbons (Fsp3) is 0.480. The summed E-state index contributed by atoms with van der Waals surface area (Å²) in [5, 5.41) is 0. The Morgan fingerprint density at radius 3 is 2.11 bits per heavy atom. The minimum atomic E-state index is -4.54. The standard InChI is InChI=1S/C25H33F3N2O5S/c1-4-34-24(31)19-29(2)17-7-5-6-8-18-35-22-13-11-21(12-14-22)30(3)36(32,33)23-15-9-20(10-16-23)25(26,27)28/h9-16H,4-8,17-19H2,1-3H3. The van der Waals surface area contributed by atoms with Crippen LogP contribution in [0.4, 0.5) is 18.9 Å². The highest BCUT2D eigenvalue weighted by atomic mass is 32.2. The highest BCUT2D eigenvalue weighted by Gasteiger charge is 2.31. The van der Waals surface area contributed by atoms with Crippen LogP contribution in [0, 0.1) is 0 Å². The van der Waals surface area contributed by atoms with E-state index in [1.54, 1.807) is 31.2 Å². The first-order valence-corrected chi connectivity index (χ1v) is 13.1. The molecule has 0 saturated carbocycles. The second-order valence-electron chi connectivity index (χ2n) is 8.29. The Hall–Kier alpha value is -2.79. The van der Waals surface area contributed by atoms with Crippen LogP contribution in [-0.4, -0.2) is 59.7 Å². The van der Waals surface area contributed by atoms with E-state index in [1.807, 2.05) is 11.9 Å². The fourth-order valence-electron chi connectivity index (χ4n) is 3.40. The van der Waals surface area contributed by atoms with Gasteiger partial charge in [0.25, 0.3) is 10.0 Å². The van der Waals surface area contributed by atoms with E-state index in [0.717, 1.165) is 60.8 Å². The van der Waals surface area contributed by atoms with E-state index in [9.17, 15) is 26.4 Å². The number of unbranched alkanes of at least 4 members (excludes halogenated alkanes) is 3. The number of ether oxygens (including phenoxy) is 2. The molecule has 2 aromatic carbocycles. The van der Waals surface area contributed by atoms with Gasteiger partial charge in [-0.1, -0.05) is 12.8 Å². The Labute approximate surface area is 210 Å². The van der Waals surface area contributed by atoms with E-state index in [4.69, 9.17) is 9.47 Å². The first kappa shape index (κ1) is 29.4. The lowest BCUT2D eigenvalue weighted by Crippen LogP contribution is -2.28. The summed E-state index contributed by atoms with van der Waals surface area (Å²) in [5.74, 6) is 0.371. The zero-order valence-corrected chi connectivity index (χ0v) is 21.6. The molecule has 0 amide bonds. The van der Waals surface area contributed by atoms with E-state index in [0.29, 0.717) is 24.7 Å². The van der Waals surface area contributed by atoms with Crippen molar-refractivity contribution in [2.75, 3.05) is 44.7 Å². The van der Waals surface area contributed by atoms with Crippen molar-refractivity contribution in [3.05, 3.63) is 54.1 Å². The Balaban J connectivity index is 1.76. The molecule has 0 aliphatic heterocycles. The predicted molar refractivity (Wildman–Crippen MR) is 132 cm³/mol. The Kier molecular flexibility index (Phi) is 11.0. The normalized spacial score (nSPS) is 12.0. The van der Waals surface area contributed by atoms with Crippen LogP contribution < -0.4 is 9.04 Å². The maximum absolute atomic E-state index is 12.8. The van der Waals surface area contributed by atoms with Gasteiger partial charge in [0, 0.05) is 7.05 Å². The summed E-state index contributed by atoms with van der Waals surface area (Å²) in [6.45, 7) is 3.77. The van der Waals surface area contributed by atoms with Crippen LogP contribution >= 0.6 is 0 Å². The molecule has 0 aliphatic rings. The number of anilines is 1. The van der Waals surface area contributed by atoms with E-state index in [1.165, 1.54) is 7.05 Å². The number of carbonyl (C=O) groups excluding carboxylic acids is 1. The van der Waals surface area contributed by atoms with Gasteiger partial charge in [-0.25, -0.2) is 8.42 Å². The molecule has 0 atom stereocenters. The molecule has 0 N–H and O–H groups in total. The molecule has 36 heavy (non-hydrogen) atoms. The summed E-state index contributed by atoms with van der Waals surface area (Å²) in [6, 6.07) is 9.86. The lowest BCUT2D eigenvalue weighted by molar-refractivity contribution is -0.144. The first-order chi connectivity index (χ1) is 16.9. The molecule has 0 aliphatic carbocycles. The maximum atomic E-state index is 12.8. The number of likely N-dealkylation sites (N-methyl/N-ethyl adjacent to an activating group) is 1. The lowest BCUT2D eigenvalue weighted by atomic mass is 10.2. The van der Waals surface area contributed by atoms with Crippen molar-refractivity contribution in [2.45, 2.75) is 43.7 Å². The van der Waals surface area contributed by atoms with Crippen LogP contribution in [0.25, 0.3) is 0 Å². The number of esters is 1. The minimum Gasteiger partial charge on any atom is -0.494 e.